The third-order valence-electron chi connectivity index (χ3n) is 2.75. The number of benzene rings is 2. The Hall–Kier alpha value is -2.41. The van der Waals surface area contributed by atoms with E-state index in [0.717, 1.165) is 0 Å². The van der Waals surface area contributed by atoms with Gasteiger partial charge in [-0.1, -0.05) is 30.0 Å². The van der Waals surface area contributed by atoms with E-state index in [2.05, 4.69) is 5.32 Å². The number of primary amides is 1. The molecule has 0 radical (unpaired) electrons. The number of carbonyl (C=O) groups is 2. The van der Waals surface area contributed by atoms with Crippen molar-refractivity contribution in [3.63, 3.8) is 0 Å². The van der Waals surface area contributed by atoms with Gasteiger partial charge in [0.1, 0.15) is 0 Å². The SMILES string of the molecule is NC(=O)c1cccc(NC(=O)c2ccccc2SC(F)F)c1. The molecule has 0 saturated heterocycles. The molecule has 7 heteroatoms. The zero-order valence-corrected chi connectivity index (χ0v) is 12.1. The number of hydrogen-bond donors (Lipinski definition) is 2. The molecule has 2 amide bonds. The Balaban J connectivity index is 2.22. The molecule has 0 unspecified atom stereocenters. The van der Waals surface area contributed by atoms with Crippen molar-refractivity contribution in [1.82, 2.24) is 0 Å². The summed E-state index contributed by atoms with van der Waals surface area (Å²) in [5.74, 6) is -3.78. The van der Waals surface area contributed by atoms with Crippen LogP contribution in [-0.2, 0) is 0 Å². The number of alkyl halides is 2. The highest BCUT2D eigenvalue weighted by molar-refractivity contribution is 7.99. The molecule has 0 saturated carbocycles. The second-order valence-corrected chi connectivity index (χ2v) is 5.31. The van der Waals surface area contributed by atoms with Gasteiger partial charge in [0.25, 0.3) is 11.7 Å². The fraction of sp³-hybridized carbons (Fsp3) is 0.0667. The maximum absolute atomic E-state index is 12.5. The van der Waals surface area contributed by atoms with E-state index in [1.165, 1.54) is 24.3 Å². The summed E-state index contributed by atoms with van der Waals surface area (Å²) >= 11 is 0.304. The highest BCUT2D eigenvalue weighted by Gasteiger charge is 2.15. The molecular weight excluding hydrogens is 310 g/mol. The van der Waals surface area contributed by atoms with Crippen molar-refractivity contribution in [2.75, 3.05) is 5.32 Å². The molecule has 3 N–H and O–H groups in total. The Labute approximate surface area is 129 Å². The zero-order valence-electron chi connectivity index (χ0n) is 11.3. The van der Waals surface area contributed by atoms with Gasteiger partial charge in [-0.05, 0) is 30.3 Å². The predicted octanol–water partition coefficient (Wildman–Crippen LogP) is 3.35. The minimum absolute atomic E-state index is 0.136. The summed E-state index contributed by atoms with van der Waals surface area (Å²) in [5.41, 5.74) is 5.90. The van der Waals surface area contributed by atoms with Crippen molar-refractivity contribution in [1.29, 1.82) is 0 Å². The summed E-state index contributed by atoms with van der Waals surface area (Å²) in [6.45, 7) is 0. The van der Waals surface area contributed by atoms with Crippen molar-refractivity contribution < 1.29 is 18.4 Å². The van der Waals surface area contributed by atoms with E-state index in [-0.39, 0.29) is 16.0 Å². The van der Waals surface area contributed by atoms with Crippen LogP contribution >= 0.6 is 11.8 Å². The molecule has 4 nitrogen and oxygen atoms in total. The first-order valence-corrected chi connectivity index (χ1v) is 7.10. The minimum atomic E-state index is -2.62. The van der Waals surface area contributed by atoms with Gasteiger partial charge in [-0.3, -0.25) is 9.59 Å². The zero-order chi connectivity index (χ0) is 16.1. The van der Waals surface area contributed by atoms with Gasteiger partial charge in [0.05, 0.1) is 5.56 Å². The molecule has 2 rings (SSSR count). The average molecular weight is 322 g/mol. The van der Waals surface area contributed by atoms with Crippen LogP contribution < -0.4 is 11.1 Å². The average Bonchev–Trinajstić information content (AvgIpc) is 2.47. The lowest BCUT2D eigenvalue weighted by Gasteiger charge is -2.10. The van der Waals surface area contributed by atoms with E-state index >= 15 is 0 Å². The van der Waals surface area contributed by atoms with Gasteiger partial charge < -0.3 is 11.1 Å². The first-order chi connectivity index (χ1) is 10.5. The van der Waals surface area contributed by atoms with Crippen LogP contribution in [0.1, 0.15) is 20.7 Å². The van der Waals surface area contributed by atoms with Crippen LogP contribution in [0.5, 0.6) is 0 Å². The quantitative estimate of drug-likeness (QED) is 0.829. The lowest BCUT2D eigenvalue weighted by Crippen LogP contribution is -2.15. The molecule has 114 valence electrons. The molecule has 0 atom stereocenters. The third-order valence-corrected chi connectivity index (χ3v) is 3.54. The Bertz CT molecular complexity index is 707. The first kappa shape index (κ1) is 16.0. The van der Waals surface area contributed by atoms with Crippen molar-refractivity contribution in [2.45, 2.75) is 10.7 Å². The molecule has 2 aromatic rings. The summed E-state index contributed by atoms with van der Waals surface area (Å²) in [7, 11) is 0. The van der Waals surface area contributed by atoms with Gasteiger partial charge in [0.15, 0.2) is 0 Å². The Morgan fingerprint density at radius 1 is 1.09 bits per heavy atom. The van der Waals surface area contributed by atoms with E-state index in [0.29, 0.717) is 17.4 Å². The molecule has 0 aliphatic rings. The Morgan fingerprint density at radius 2 is 1.82 bits per heavy atom. The summed E-state index contributed by atoms with van der Waals surface area (Å²) in [4.78, 5) is 23.5. The van der Waals surface area contributed by atoms with Gasteiger partial charge in [0.2, 0.25) is 5.91 Å². The monoisotopic (exact) mass is 322 g/mol. The Morgan fingerprint density at radius 3 is 2.50 bits per heavy atom. The predicted molar refractivity (Wildman–Crippen MR) is 81.2 cm³/mol. The van der Waals surface area contributed by atoms with E-state index < -0.39 is 17.6 Å². The van der Waals surface area contributed by atoms with Crippen LogP contribution in [0.15, 0.2) is 53.4 Å². The maximum Gasteiger partial charge on any atom is 0.288 e. The summed E-state index contributed by atoms with van der Waals surface area (Å²) in [6.07, 6.45) is 0. The topological polar surface area (TPSA) is 72.2 Å². The number of rotatable bonds is 5. The fourth-order valence-electron chi connectivity index (χ4n) is 1.80. The van der Waals surface area contributed by atoms with E-state index in [9.17, 15) is 18.4 Å². The smallest absolute Gasteiger partial charge is 0.288 e. The Kier molecular flexibility index (Phi) is 5.11. The van der Waals surface area contributed by atoms with Crippen molar-refractivity contribution >= 4 is 29.3 Å². The number of halogens is 2. The van der Waals surface area contributed by atoms with Crippen LogP contribution in [0, 0.1) is 0 Å². The first-order valence-electron chi connectivity index (χ1n) is 6.22. The standard InChI is InChI=1S/C15H12F2N2O2S/c16-15(17)22-12-7-2-1-6-11(12)14(21)19-10-5-3-4-9(8-10)13(18)20/h1-8,15H,(H2,18,20)(H,19,21). The molecule has 0 bridgehead atoms. The summed E-state index contributed by atoms with van der Waals surface area (Å²) < 4.78 is 25.0. The van der Waals surface area contributed by atoms with Crippen molar-refractivity contribution in [3.05, 3.63) is 59.7 Å². The number of hydrogen-bond acceptors (Lipinski definition) is 3. The van der Waals surface area contributed by atoms with E-state index in [1.54, 1.807) is 24.3 Å². The van der Waals surface area contributed by atoms with Gasteiger partial charge in [-0.25, -0.2) is 0 Å². The molecule has 0 fully saturated rings. The number of anilines is 1. The summed E-state index contributed by atoms with van der Waals surface area (Å²) in [5, 5.41) is 2.56. The van der Waals surface area contributed by atoms with Crippen LogP contribution in [0.3, 0.4) is 0 Å². The number of amides is 2. The molecule has 0 heterocycles. The normalized spacial score (nSPS) is 10.5. The van der Waals surface area contributed by atoms with Crippen LogP contribution in [-0.4, -0.2) is 17.6 Å². The third kappa shape index (κ3) is 4.05. The van der Waals surface area contributed by atoms with Gasteiger partial charge >= 0.3 is 0 Å². The van der Waals surface area contributed by atoms with Gasteiger partial charge in [-0.15, -0.1) is 0 Å². The number of nitrogens with one attached hydrogen (secondary N) is 1. The number of nitrogens with two attached hydrogens (primary N) is 1. The van der Waals surface area contributed by atoms with Crippen molar-refractivity contribution in [2.24, 2.45) is 5.73 Å². The summed E-state index contributed by atoms with van der Waals surface area (Å²) in [6, 6.07) is 12.1. The highest BCUT2D eigenvalue weighted by atomic mass is 32.2. The largest absolute Gasteiger partial charge is 0.366 e. The van der Waals surface area contributed by atoms with E-state index in [4.69, 9.17) is 5.73 Å². The second kappa shape index (κ2) is 7.04. The van der Waals surface area contributed by atoms with Gasteiger partial charge in [0, 0.05) is 16.1 Å². The lowest BCUT2D eigenvalue weighted by molar-refractivity contribution is 0.0995. The number of thioether (sulfide) groups is 1. The molecule has 22 heavy (non-hydrogen) atoms. The molecule has 0 aliphatic heterocycles. The molecule has 0 aromatic heterocycles. The van der Waals surface area contributed by atoms with Crippen LogP contribution in [0.4, 0.5) is 14.5 Å². The van der Waals surface area contributed by atoms with Crippen LogP contribution in [0.25, 0.3) is 0 Å². The van der Waals surface area contributed by atoms with Crippen LogP contribution in [0.2, 0.25) is 0 Å². The molecule has 0 aliphatic carbocycles. The highest BCUT2D eigenvalue weighted by Crippen LogP contribution is 2.28. The number of carbonyl (C=O) groups excluding carboxylic acids is 2. The van der Waals surface area contributed by atoms with Gasteiger partial charge in [-0.2, -0.15) is 8.78 Å². The second-order valence-electron chi connectivity index (χ2n) is 4.27. The van der Waals surface area contributed by atoms with E-state index in [1.807, 2.05) is 0 Å². The minimum Gasteiger partial charge on any atom is -0.366 e. The van der Waals surface area contributed by atoms with Crippen molar-refractivity contribution in [3.8, 4) is 0 Å². The molecule has 0 spiro atoms. The maximum atomic E-state index is 12.5. The fourth-order valence-corrected chi connectivity index (χ4v) is 2.44. The lowest BCUT2D eigenvalue weighted by atomic mass is 10.1. The molecule has 2 aromatic carbocycles. The molecular formula is C15H12F2N2O2S.